The van der Waals surface area contributed by atoms with Crippen molar-refractivity contribution in [1.82, 2.24) is 9.97 Å². The lowest BCUT2D eigenvalue weighted by Gasteiger charge is -2.14. The molecule has 20 heavy (non-hydrogen) atoms. The van der Waals surface area contributed by atoms with Gasteiger partial charge in [-0.15, -0.1) is 11.3 Å². The minimum absolute atomic E-state index is 0.249. The van der Waals surface area contributed by atoms with Gasteiger partial charge in [0.1, 0.15) is 17.0 Å². The highest BCUT2D eigenvalue weighted by atomic mass is 32.1. The molecule has 1 aliphatic rings. The van der Waals surface area contributed by atoms with Crippen LogP contribution in [0.2, 0.25) is 0 Å². The summed E-state index contributed by atoms with van der Waals surface area (Å²) in [5.41, 5.74) is 1.48. The van der Waals surface area contributed by atoms with E-state index in [9.17, 15) is 0 Å². The van der Waals surface area contributed by atoms with E-state index in [-0.39, 0.29) is 6.04 Å². The van der Waals surface area contributed by atoms with Gasteiger partial charge < -0.3 is 10.1 Å². The second-order valence-corrected chi connectivity index (χ2v) is 6.55. The van der Waals surface area contributed by atoms with Crippen LogP contribution in [0.5, 0.6) is 0 Å². The molecule has 1 atom stereocenters. The number of methoxy groups -OCH3 is 1. The first-order valence-corrected chi connectivity index (χ1v) is 8.12. The summed E-state index contributed by atoms with van der Waals surface area (Å²) in [4.78, 5) is 11.6. The summed E-state index contributed by atoms with van der Waals surface area (Å²) in [6.45, 7) is 2.79. The molecule has 0 spiro atoms. The lowest BCUT2D eigenvalue weighted by molar-refractivity contribution is 0.190. The summed E-state index contributed by atoms with van der Waals surface area (Å²) in [5, 5.41) is 4.72. The number of anilines is 1. The molecule has 0 saturated carbocycles. The summed E-state index contributed by atoms with van der Waals surface area (Å²) in [6, 6.07) is 0.249. The van der Waals surface area contributed by atoms with Crippen LogP contribution in [0.3, 0.4) is 0 Å². The quantitative estimate of drug-likeness (QED) is 0.877. The fourth-order valence-electron chi connectivity index (χ4n) is 2.90. The Morgan fingerprint density at radius 2 is 2.15 bits per heavy atom. The van der Waals surface area contributed by atoms with Crippen molar-refractivity contribution in [2.75, 3.05) is 19.0 Å². The average Bonchev–Trinajstić information content (AvgIpc) is 2.63. The molecule has 0 saturated heterocycles. The Hall–Kier alpha value is -1.20. The number of nitrogens with zero attached hydrogens (tertiary/aromatic N) is 2. The summed E-state index contributed by atoms with van der Waals surface area (Å²) in [7, 11) is 1.73. The molecule has 1 aliphatic carbocycles. The molecule has 0 radical (unpaired) electrons. The van der Waals surface area contributed by atoms with Gasteiger partial charge in [-0.3, -0.25) is 0 Å². The molecule has 2 heterocycles. The minimum atomic E-state index is 0.249. The fraction of sp³-hybridized carbons (Fsp3) is 0.600. The van der Waals surface area contributed by atoms with Crippen LogP contribution in [0.15, 0.2) is 6.33 Å². The molecule has 5 heteroatoms. The Morgan fingerprint density at radius 3 is 3.00 bits per heavy atom. The Morgan fingerprint density at radius 1 is 1.30 bits per heavy atom. The van der Waals surface area contributed by atoms with E-state index in [1.165, 1.54) is 41.5 Å². The van der Waals surface area contributed by atoms with Crippen molar-refractivity contribution in [3.8, 4) is 0 Å². The fourth-order valence-corrected chi connectivity index (χ4v) is 4.13. The van der Waals surface area contributed by atoms with E-state index in [1.54, 1.807) is 13.4 Å². The zero-order valence-corrected chi connectivity index (χ0v) is 12.9. The monoisotopic (exact) mass is 291 g/mol. The lowest BCUT2D eigenvalue weighted by Crippen LogP contribution is -2.21. The molecular formula is C15H21N3OS. The number of thiophene rings is 1. The van der Waals surface area contributed by atoms with Crippen LogP contribution in [0, 0.1) is 0 Å². The number of rotatable bonds is 4. The van der Waals surface area contributed by atoms with Crippen molar-refractivity contribution in [3.05, 3.63) is 16.8 Å². The second kappa shape index (κ2) is 6.06. The molecule has 1 unspecified atom stereocenters. The Bertz CT molecular complexity index is 596. The largest absolute Gasteiger partial charge is 0.383 e. The number of aryl methyl sites for hydroxylation is 2. The van der Waals surface area contributed by atoms with Crippen LogP contribution in [0.25, 0.3) is 10.2 Å². The van der Waals surface area contributed by atoms with Crippen LogP contribution in [0.1, 0.15) is 36.6 Å². The van der Waals surface area contributed by atoms with Gasteiger partial charge in [-0.05, 0) is 38.2 Å². The number of hydrogen-bond donors (Lipinski definition) is 1. The van der Waals surface area contributed by atoms with E-state index in [1.807, 2.05) is 11.3 Å². The third-order valence-corrected chi connectivity index (χ3v) is 5.00. The molecule has 0 bridgehead atoms. The summed E-state index contributed by atoms with van der Waals surface area (Å²) in [6.07, 6.45) is 7.94. The van der Waals surface area contributed by atoms with Gasteiger partial charge >= 0.3 is 0 Å². The van der Waals surface area contributed by atoms with Gasteiger partial charge in [0.15, 0.2) is 0 Å². The minimum Gasteiger partial charge on any atom is -0.383 e. The van der Waals surface area contributed by atoms with Crippen LogP contribution in [0.4, 0.5) is 5.82 Å². The van der Waals surface area contributed by atoms with Gasteiger partial charge in [-0.2, -0.15) is 0 Å². The van der Waals surface area contributed by atoms with Crippen LogP contribution >= 0.6 is 11.3 Å². The number of nitrogens with one attached hydrogen (secondary N) is 1. The third kappa shape index (κ3) is 2.65. The lowest BCUT2D eigenvalue weighted by atomic mass is 10.1. The molecule has 3 rings (SSSR count). The van der Waals surface area contributed by atoms with Gasteiger partial charge in [-0.25, -0.2) is 9.97 Å². The molecule has 0 aromatic carbocycles. The predicted molar refractivity (Wildman–Crippen MR) is 83.6 cm³/mol. The zero-order valence-electron chi connectivity index (χ0n) is 12.1. The highest BCUT2D eigenvalue weighted by Crippen LogP contribution is 2.37. The molecule has 2 aromatic rings. The molecule has 108 valence electrons. The van der Waals surface area contributed by atoms with E-state index in [2.05, 4.69) is 22.2 Å². The topological polar surface area (TPSA) is 47.0 Å². The first-order chi connectivity index (χ1) is 9.79. The van der Waals surface area contributed by atoms with Crippen LogP contribution < -0.4 is 5.32 Å². The summed E-state index contributed by atoms with van der Waals surface area (Å²) in [5.74, 6) is 0.971. The van der Waals surface area contributed by atoms with E-state index >= 15 is 0 Å². The normalized spacial score (nSPS) is 16.7. The van der Waals surface area contributed by atoms with Crippen molar-refractivity contribution in [2.45, 2.75) is 45.1 Å². The van der Waals surface area contributed by atoms with E-state index in [4.69, 9.17) is 4.74 Å². The number of hydrogen-bond acceptors (Lipinski definition) is 5. The Balaban J connectivity index is 2.01. The average molecular weight is 291 g/mol. The SMILES string of the molecule is COCC(C)Nc1ncnc2sc3c(c12)CCCCC3. The number of aromatic nitrogens is 2. The van der Waals surface area contributed by atoms with Gasteiger partial charge in [0.25, 0.3) is 0 Å². The van der Waals surface area contributed by atoms with Gasteiger partial charge in [-0.1, -0.05) is 6.42 Å². The second-order valence-electron chi connectivity index (χ2n) is 5.47. The summed E-state index contributed by atoms with van der Waals surface area (Å²) < 4.78 is 5.20. The highest BCUT2D eigenvalue weighted by molar-refractivity contribution is 7.18. The van der Waals surface area contributed by atoms with E-state index < -0.39 is 0 Å². The molecule has 0 fully saturated rings. The highest BCUT2D eigenvalue weighted by Gasteiger charge is 2.19. The van der Waals surface area contributed by atoms with Gasteiger partial charge in [0.05, 0.1) is 12.0 Å². The van der Waals surface area contributed by atoms with Crippen molar-refractivity contribution in [2.24, 2.45) is 0 Å². The third-order valence-electron chi connectivity index (χ3n) is 3.80. The molecular weight excluding hydrogens is 270 g/mol. The molecule has 0 amide bonds. The first-order valence-electron chi connectivity index (χ1n) is 7.30. The van der Waals surface area contributed by atoms with Gasteiger partial charge in [0, 0.05) is 18.0 Å². The first kappa shape index (κ1) is 13.8. The number of ether oxygens (including phenoxy) is 1. The smallest absolute Gasteiger partial charge is 0.138 e. The van der Waals surface area contributed by atoms with Crippen molar-refractivity contribution < 1.29 is 4.74 Å². The number of fused-ring (bicyclic) bond motifs is 3. The standard InChI is InChI=1S/C15H21N3OS/c1-10(8-19-2)18-14-13-11-6-4-3-5-7-12(11)20-15(13)17-9-16-14/h9-10H,3-8H2,1-2H3,(H,16,17,18). The predicted octanol–water partition coefficient (Wildman–Crippen LogP) is 3.41. The van der Waals surface area contributed by atoms with Gasteiger partial charge in [0.2, 0.25) is 0 Å². The molecule has 0 aliphatic heterocycles. The van der Waals surface area contributed by atoms with E-state index in [0.717, 1.165) is 17.1 Å². The molecule has 2 aromatic heterocycles. The van der Waals surface area contributed by atoms with Crippen molar-refractivity contribution in [1.29, 1.82) is 0 Å². The van der Waals surface area contributed by atoms with Crippen molar-refractivity contribution >= 4 is 27.4 Å². The Labute approximate surface area is 123 Å². The maximum Gasteiger partial charge on any atom is 0.138 e. The maximum atomic E-state index is 5.20. The van der Waals surface area contributed by atoms with Crippen LogP contribution in [-0.2, 0) is 17.6 Å². The van der Waals surface area contributed by atoms with Crippen LogP contribution in [-0.4, -0.2) is 29.7 Å². The summed E-state index contributed by atoms with van der Waals surface area (Å²) >= 11 is 1.85. The molecule has 4 nitrogen and oxygen atoms in total. The van der Waals surface area contributed by atoms with E-state index in [0.29, 0.717) is 6.61 Å². The zero-order chi connectivity index (χ0) is 13.9. The Kier molecular flexibility index (Phi) is 4.17. The van der Waals surface area contributed by atoms with Crippen molar-refractivity contribution in [3.63, 3.8) is 0 Å². The molecule has 1 N–H and O–H groups in total. The maximum absolute atomic E-state index is 5.20.